The highest BCUT2D eigenvalue weighted by molar-refractivity contribution is 5.43. The van der Waals surface area contributed by atoms with Crippen molar-refractivity contribution < 1.29 is 10.2 Å². The fraction of sp³-hybridized carbons (Fsp3) is 0.545. The molecule has 1 aliphatic rings. The molecule has 0 bridgehead atoms. The van der Waals surface area contributed by atoms with Gasteiger partial charge in [0.2, 0.25) is 0 Å². The predicted octanol–water partition coefficient (Wildman–Crippen LogP) is -0.357. The van der Waals surface area contributed by atoms with Crippen molar-refractivity contribution in [3.05, 3.63) is 23.9 Å². The van der Waals surface area contributed by atoms with E-state index in [1.165, 1.54) is 0 Å². The van der Waals surface area contributed by atoms with Crippen molar-refractivity contribution in [2.24, 2.45) is 5.73 Å². The van der Waals surface area contributed by atoms with E-state index in [2.05, 4.69) is 4.98 Å². The van der Waals surface area contributed by atoms with Crippen LogP contribution in [0.15, 0.2) is 18.3 Å². The second-order valence-electron chi connectivity index (χ2n) is 4.28. The van der Waals surface area contributed by atoms with E-state index in [0.717, 1.165) is 11.4 Å². The maximum Gasteiger partial charge on any atom is 0.128 e. The molecule has 16 heavy (non-hydrogen) atoms. The average molecular weight is 223 g/mol. The molecule has 88 valence electrons. The lowest BCUT2D eigenvalue weighted by Crippen LogP contribution is -2.22. The summed E-state index contributed by atoms with van der Waals surface area (Å²) in [7, 11) is 0. The number of aliphatic hydroxyl groups excluding tert-OH is 2. The summed E-state index contributed by atoms with van der Waals surface area (Å²) >= 11 is 0. The number of nitrogens with zero attached hydrogens (tertiary/aromatic N) is 2. The molecule has 0 radical (unpaired) electrons. The minimum atomic E-state index is -0.694. The van der Waals surface area contributed by atoms with Gasteiger partial charge in [0.25, 0.3) is 0 Å². The van der Waals surface area contributed by atoms with Gasteiger partial charge >= 0.3 is 0 Å². The van der Waals surface area contributed by atoms with Gasteiger partial charge in [-0.25, -0.2) is 4.98 Å². The van der Waals surface area contributed by atoms with Crippen LogP contribution in [0, 0.1) is 0 Å². The zero-order valence-electron chi connectivity index (χ0n) is 9.24. The molecular weight excluding hydrogens is 206 g/mol. The highest BCUT2D eigenvalue weighted by Crippen LogP contribution is 2.21. The Morgan fingerprint density at radius 2 is 2.06 bits per heavy atom. The lowest BCUT2D eigenvalue weighted by molar-refractivity contribution is 0.0572. The number of nitrogens with two attached hydrogens (primary N) is 1. The van der Waals surface area contributed by atoms with E-state index in [4.69, 9.17) is 5.73 Å². The summed E-state index contributed by atoms with van der Waals surface area (Å²) in [6.45, 7) is 2.74. The van der Waals surface area contributed by atoms with E-state index in [9.17, 15) is 10.2 Å². The average Bonchev–Trinajstić information content (AvgIpc) is 2.59. The molecule has 0 aliphatic carbocycles. The van der Waals surface area contributed by atoms with Crippen molar-refractivity contribution in [3.8, 4) is 0 Å². The summed E-state index contributed by atoms with van der Waals surface area (Å²) in [4.78, 5) is 6.08. The summed E-state index contributed by atoms with van der Waals surface area (Å²) in [6, 6.07) is 3.73. The summed E-state index contributed by atoms with van der Waals surface area (Å²) in [5.41, 5.74) is 6.79. The van der Waals surface area contributed by atoms with Crippen LogP contribution in [0.1, 0.15) is 18.5 Å². The molecule has 5 nitrogen and oxygen atoms in total. The van der Waals surface area contributed by atoms with Crippen molar-refractivity contribution in [1.82, 2.24) is 4.98 Å². The van der Waals surface area contributed by atoms with Crippen LogP contribution in [-0.2, 0) is 0 Å². The van der Waals surface area contributed by atoms with Crippen molar-refractivity contribution in [2.45, 2.75) is 25.2 Å². The number of aromatic nitrogens is 1. The smallest absolute Gasteiger partial charge is 0.128 e. The quantitative estimate of drug-likeness (QED) is 0.638. The SMILES string of the molecule is C[C@H](N)c1ccnc(N2CC(O)C(O)C2)c1. The first kappa shape index (κ1) is 11.3. The molecule has 1 fully saturated rings. The predicted molar refractivity (Wildman–Crippen MR) is 61.1 cm³/mol. The molecule has 1 aliphatic heterocycles. The Hall–Kier alpha value is -1.17. The van der Waals surface area contributed by atoms with Crippen LogP contribution in [0.25, 0.3) is 0 Å². The molecule has 4 N–H and O–H groups in total. The number of aliphatic hydroxyl groups is 2. The van der Waals surface area contributed by atoms with E-state index >= 15 is 0 Å². The molecule has 0 saturated carbocycles. The Labute approximate surface area is 94.5 Å². The fourth-order valence-electron chi connectivity index (χ4n) is 1.85. The van der Waals surface area contributed by atoms with Crippen molar-refractivity contribution >= 4 is 5.82 Å². The molecular formula is C11H17N3O2. The van der Waals surface area contributed by atoms with Gasteiger partial charge in [0.1, 0.15) is 5.82 Å². The molecule has 0 amide bonds. The lowest BCUT2D eigenvalue weighted by Gasteiger charge is -2.17. The van der Waals surface area contributed by atoms with Gasteiger partial charge < -0.3 is 20.8 Å². The highest BCUT2D eigenvalue weighted by atomic mass is 16.3. The number of hydrogen-bond acceptors (Lipinski definition) is 5. The molecule has 1 aromatic heterocycles. The van der Waals surface area contributed by atoms with E-state index in [1.807, 2.05) is 24.0 Å². The minimum Gasteiger partial charge on any atom is -0.389 e. The van der Waals surface area contributed by atoms with Crippen LogP contribution in [0.2, 0.25) is 0 Å². The molecule has 0 aromatic carbocycles. The number of β-amino-alcohol motifs (C(OH)–C–C–N with tert-alkyl or cyclic N) is 2. The van der Waals surface area contributed by atoms with Gasteiger partial charge in [0, 0.05) is 25.3 Å². The first-order valence-corrected chi connectivity index (χ1v) is 5.40. The summed E-state index contributed by atoms with van der Waals surface area (Å²) in [6.07, 6.45) is 0.312. The standard InChI is InChI=1S/C11H17N3O2/c1-7(12)8-2-3-13-11(4-8)14-5-9(15)10(16)6-14/h2-4,7,9-10,15-16H,5-6,12H2,1H3/t7-,9?,10?/m0/s1. The fourth-order valence-corrected chi connectivity index (χ4v) is 1.85. The minimum absolute atomic E-state index is 0.0424. The third-order valence-electron chi connectivity index (χ3n) is 2.88. The topological polar surface area (TPSA) is 82.6 Å². The van der Waals surface area contributed by atoms with E-state index in [-0.39, 0.29) is 6.04 Å². The molecule has 2 heterocycles. The van der Waals surface area contributed by atoms with Crippen LogP contribution in [-0.4, -0.2) is 40.5 Å². The number of hydrogen-bond donors (Lipinski definition) is 3. The Morgan fingerprint density at radius 1 is 1.44 bits per heavy atom. The van der Waals surface area contributed by atoms with Gasteiger partial charge in [-0.05, 0) is 24.6 Å². The van der Waals surface area contributed by atoms with Gasteiger partial charge in [-0.15, -0.1) is 0 Å². The number of rotatable bonds is 2. The largest absolute Gasteiger partial charge is 0.389 e. The Bertz CT molecular complexity index is 360. The Morgan fingerprint density at radius 3 is 2.62 bits per heavy atom. The number of anilines is 1. The normalized spacial score (nSPS) is 27.1. The highest BCUT2D eigenvalue weighted by Gasteiger charge is 2.30. The zero-order valence-corrected chi connectivity index (χ0v) is 9.24. The van der Waals surface area contributed by atoms with E-state index in [0.29, 0.717) is 13.1 Å². The molecule has 2 unspecified atom stereocenters. The van der Waals surface area contributed by atoms with Crippen molar-refractivity contribution in [2.75, 3.05) is 18.0 Å². The van der Waals surface area contributed by atoms with Crippen molar-refractivity contribution in [3.63, 3.8) is 0 Å². The maximum atomic E-state index is 9.46. The maximum absolute atomic E-state index is 9.46. The van der Waals surface area contributed by atoms with Gasteiger partial charge in [-0.3, -0.25) is 0 Å². The first-order valence-electron chi connectivity index (χ1n) is 5.40. The monoisotopic (exact) mass is 223 g/mol. The van der Waals surface area contributed by atoms with Crippen LogP contribution in [0.3, 0.4) is 0 Å². The van der Waals surface area contributed by atoms with Gasteiger partial charge in [-0.1, -0.05) is 0 Å². The molecule has 1 aromatic rings. The van der Waals surface area contributed by atoms with Crippen LogP contribution in [0.5, 0.6) is 0 Å². The second kappa shape index (κ2) is 4.37. The molecule has 1 saturated heterocycles. The third kappa shape index (κ3) is 2.16. The summed E-state index contributed by atoms with van der Waals surface area (Å²) in [5.74, 6) is 0.755. The molecule has 2 rings (SSSR count). The third-order valence-corrected chi connectivity index (χ3v) is 2.88. The van der Waals surface area contributed by atoms with Gasteiger partial charge in [-0.2, -0.15) is 0 Å². The van der Waals surface area contributed by atoms with E-state index < -0.39 is 12.2 Å². The van der Waals surface area contributed by atoms with Crippen LogP contribution in [0.4, 0.5) is 5.82 Å². The molecule has 3 atom stereocenters. The van der Waals surface area contributed by atoms with Crippen LogP contribution < -0.4 is 10.6 Å². The Balaban J connectivity index is 2.18. The first-order chi connectivity index (χ1) is 7.58. The van der Waals surface area contributed by atoms with Crippen molar-refractivity contribution in [1.29, 1.82) is 0 Å². The van der Waals surface area contributed by atoms with E-state index in [1.54, 1.807) is 6.20 Å². The van der Waals surface area contributed by atoms with Gasteiger partial charge in [0.15, 0.2) is 0 Å². The summed E-state index contributed by atoms with van der Waals surface area (Å²) < 4.78 is 0. The van der Waals surface area contributed by atoms with Crippen LogP contribution >= 0.6 is 0 Å². The molecule has 0 spiro atoms. The Kier molecular flexibility index (Phi) is 3.09. The number of pyridine rings is 1. The second-order valence-corrected chi connectivity index (χ2v) is 4.28. The lowest BCUT2D eigenvalue weighted by atomic mass is 10.1. The molecule has 5 heteroatoms. The summed E-state index contributed by atoms with van der Waals surface area (Å²) in [5, 5.41) is 18.9. The van der Waals surface area contributed by atoms with Gasteiger partial charge in [0.05, 0.1) is 12.2 Å². The zero-order chi connectivity index (χ0) is 11.7.